The van der Waals surface area contributed by atoms with E-state index < -0.39 is 0 Å². The summed E-state index contributed by atoms with van der Waals surface area (Å²) in [6.45, 7) is 0. The number of anilines is 1. The molecule has 1 aliphatic rings. The van der Waals surface area contributed by atoms with Crippen LogP contribution in [0.2, 0.25) is 0 Å². The summed E-state index contributed by atoms with van der Waals surface area (Å²) in [4.78, 5) is 9.43. The van der Waals surface area contributed by atoms with Crippen molar-refractivity contribution in [3.05, 3.63) is 17.3 Å². The van der Waals surface area contributed by atoms with Gasteiger partial charge >= 0.3 is 0 Å². The molecular formula is C12H15N3S. The second-order valence-electron chi connectivity index (χ2n) is 4.47. The van der Waals surface area contributed by atoms with Crippen molar-refractivity contribution >= 4 is 27.4 Å². The van der Waals surface area contributed by atoms with E-state index in [1.807, 2.05) is 0 Å². The lowest BCUT2D eigenvalue weighted by Gasteiger charge is -2.21. The molecule has 0 aliphatic heterocycles. The maximum Gasteiger partial charge on any atom is 0.135 e. The lowest BCUT2D eigenvalue weighted by Crippen LogP contribution is -2.04. The molecular weight excluding hydrogens is 218 g/mol. The highest BCUT2D eigenvalue weighted by molar-refractivity contribution is 7.17. The molecule has 0 atom stereocenters. The highest BCUT2D eigenvalue weighted by Crippen LogP contribution is 2.39. The number of fused-ring (bicyclic) bond motifs is 1. The minimum Gasteiger partial charge on any atom is -0.383 e. The number of hydrogen-bond acceptors (Lipinski definition) is 4. The fraction of sp³-hybridized carbons (Fsp3) is 0.500. The van der Waals surface area contributed by atoms with Gasteiger partial charge in [-0.3, -0.25) is 0 Å². The topological polar surface area (TPSA) is 51.8 Å². The summed E-state index contributed by atoms with van der Waals surface area (Å²) in [6, 6.07) is 0. The lowest BCUT2D eigenvalue weighted by atomic mass is 9.84. The van der Waals surface area contributed by atoms with E-state index in [0.717, 1.165) is 10.2 Å². The number of hydrogen-bond donors (Lipinski definition) is 1. The van der Waals surface area contributed by atoms with Gasteiger partial charge in [-0.2, -0.15) is 0 Å². The Morgan fingerprint density at radius 3 is 2.81 bits per heavy atom. The first-order valence-corrected chi connectivity index (χ1v) is 6.72. The smallest absolute Gasteiger partial charge is 0.135 e. The van der Waals surface area contributed by atoms with E-state index >= 15 is 0 Å². The van der Waals surface area contributed by atoms with Crippen LogP contribution in [0.4, 0.5) is 5.82 Å². The highest BCUT2D eigenvalue weighted by atomic mass is 32.1. The largest absolute Gasteiger partial charge is 0.383 e. The fourth-order valence-electron chi connectivity index (χ4n) is 2.64. The molecule has 0 saturated heterocycles. The van der Waals surface area contributed by atoms with E-state index in [-0.39, 0.29) is 0 Å². The van der Waals surface area contributed by atoms with Crippen molar-refractivity contribution < 1.29 is 0 Å². The van der Waals surface area contributed by atoms with Gasteiger partial charge in [0, 0.05) is 0 Å². The second-order valence-corrected chi connectivity index (χ2v) is 5.32. The molecule has 1 aliphatic carbocycles. The number of nitrogens with zero attached hydrogens (tertiary/aromatic N) is 2. The summed E-state index contributed by atoms with van der Waals surface area (Å²) in [6.07, 6.45) is 8.20. The van der Waals surface area contributed by atoms with Crippen LogP contribution in [0.25, 0.3) is 10.2 Å². The van der Waals surface area contributed by atoms with Crippen molar-refractivity contribution in [2.75, 3.05) is 5.73 Å². The Balaban J connectivity index is 2.09. The van der Waals surface area contributed by atoms with Crippen LogP contribution in [0, 0.1) is 0 Å². The maximum atomic E-state index is 5.96. The molecule has 1 saturated carbocycles. The van der Waals surface area contributed by atoms with Crippen LogP contribution in [-0.4, -0.2) is 9.97 Å². The molecule has 4 heteroatoms. The standard InChI is InChI=1S/C12H15N3S/c13-11-10-9(8-4-2-1-3-5-8)6-16-12(10)15-7-14-11/h6-8H,1-5H2,(H2,13,14,15). The summed E-state index contributed by atoms with van der Waals surface area (Å²) in [5.74, 6) is 1.32. The van der Waals surface area contributed by atoms with Crippen LogP contribution in [0.5, 0.6) is 0 Å². The SMILES string of the molecule is Nc1ncnc2scc(C3CCCCC3)c12. The molecule has 84 valence electrons. The lowest BCUT2D eigenvalue weighted by molar-refractivity contribution is 0.446. The molecule has 0 aromatic carbocycles. The van der Waals surface area contributed by atoms with E-state index in [2.05, 4.69) is 15.3 Å². The van der Waals surface area contributed by atoms with Gasteiger partial charge in [0.15, 0.2) is 0 Å². The molecule has 1 fully saturated rings. The van der Waals surface area contributed by atoms with Crippen LogP contribution in [0.1, 0.15) is 43.6 Å². The zero-order valence-corrected chi connectivity index (χ0v) is 9.96. The van der Waals surface area contributed by atoms with Gasteiger partial charge in [0.2, 0.25) is 0 Å². The Morgan fingerprint density at radius 2 is 2.00 bits per heavy atom. The van der Waals surface area contributed by atoms with Gasteiger partial charge in [-0.15, -0.1) is 11.3 Å². The first-order chi connectivity index (χ1) is 7.86. The van der Waals surface area contributed by atoms with Crippen LogP contribution >= 0.6 is 11.3 Å². The predicted octanol–water partition coefficient (Wildman–Crippen LogP) is 3.32. The normalized spacial score (nSPS) is 18.0. The molecule has 2 aromatic heterocycles. The van der Waals surface area contributed by atoms with Crippen LogP contribution in [0.3, 0.4) is 0 Å². The van der Waals surface area contributed by atoms with Crippen molar-refractivity contribution in [1.29, 1.82) is 0 Å². The zero-order chi connectivity index (χ0) is 11.0. The minimum absolute atomic E-state index is 0.645. The predicted molar refractivity (Wildman–Crippen MR) is 67.7 cm³/mol. The van der Waals surface area contributed by atoms with Crippen molar-refractivity contribution in [2.24, 2.45) is 0 Å². The molecule has 0 amide bonds. The molecule has 2 aromatic rings. The van der Waals surface area contributed by atoms with Gasteiger partial charge in [0.25, 0.3) is 0 Å². The first kappa shape index (κ1) is 10.0. The number of nitrogens with two attached hydrogens (primary N) is 1. The van der Waals surface area contributed by atoms with E-state index in [9.17, 15) is 0 Å². The second kappa shape index (κ2) is 4.01. The number of aromatic nitrogens is 2. The molecule has 0 spiro atoms. The Kier molecular flexibility index (Phi) is 2.52. The average Bonchev–Trinajstić information content (AvgIpc) is 2.75. The molecule has 16 heavy (non-hydrogen) atoms. The number of thiophene rings is 1. The summed E-state index contributed by atoms with van der Waals surface area (Å²) >= 11 is 1.69. The summed E-state index contributed by atoms with van der Waals surface area (Å²) in [7, 11) is 0. The van der Waals surface area contributed by atoms with Crippen LogP contribution in [0.15, 0.2) is 11.7 Å². The minimum atomic E-state index is 0.645. The van der Waals surface area contributed by atoms with Gasteiger partial charge in [0.1, 0.15) is 17.0 Å². The molecule has 0 unspecified atom stereocenters. The van der Waals surface area contributed by atoms with Crippen molar-refractivity contribution in [2.45, 2.75) is 38.0 Å². The average molecular weight is 233 g/mol. The van der Waals surface area contributed by atoms with Crippen molar-refractivity contribution in [3.63, 3.8) is 0 Å². The number of nitrogen functional groups attached to an aromatic ring is 1. The number of rotatable bonds is 1. The molecule has 3 nitrogen and oxygen atoms in total. The zero-order valence-electron chi connectivity index (χ0n) is 9.15. The van der Waals surface area contributed by atoms with Gasteiger partial charge in [-0.1, -0.05) is 19.3 Å². The van der Waals surface area contributed by atoms with E-state index in [0.29, 0.717) is 11.7 Å². The maximum absolute atomic E-state index is 5.96. The molecule has 3 rings (SSSR count). The Morgan fingerprint density at radius 1 is 1.19 bits per heavy atom. The fourth-order valence-corrected chi connectivity index (χ4v) is 3.63. The molecule has 0 radical (unpaired) electrons. The summed E-state index contributed by atoms with van der Waals surface area (Å²) in [5.41, 5.74) is 7.35. The van der Waals surface area contributed by atoms with Crippen molar-refractivity contribution in [1.82, 2.24) is 9.97 Å². The van der Waals surface area contributed by atoms with E-state index in [4.69, 9.17) is 5.73 Å². The third-order valence-electron chi connectivity index (χ3n) is 3.47. The first-order valence-electron chi connectivity index (χ1n) is 5.84. The summed E-state index contributed by atoms with van der Waals surface area (Å²) < 4.78 is 0. The third-order valence-corrected chi connectivity index (χ3v) is 4.38. The molecule has 2 N–H and O–H groups in total. The van der Waals surface area contributed by atoms with Gasteiger partial charge < -0.3 is 5.73 Å². The Bertz CT molecular complexity index is 500. The van der Waals surface area contributed by atoms with Gasteiger partial charge in [-0.25, -0.2) is 9.97 Å². The molecule has 2 heterocycles. The third kappa shape index (κ3) is 1.57. The molecule has 0 bridgehead atoms. The summed E-state index contributed by atoms with van der Waals surface area (Å²) in [5, 5.41) is 3.34. The Labute approximate surface area is 98.7 Å². The van der Waals surface area contributed by atoms with E-state index in [1.54, 1.807) is 17.7 Å². The quantitative estimate of drug-likeness (QED) is 0.822. The highest BCUT2D eigenvalue weighted by Gasteiger charge is 2.20. The van der Waals surface area contributed by atoms with Crippen molar-refractivity contribution in [3.8, 4) is 0 Å². The van der Waals surface area contributed by atoms with Crippen LogP contribution < -0.4 is 5.73 Å². The van der Waals surface area contributed by atoms with Gasteiger partial charge in [-0.05, 0) is 29.7 Å². The Hall–Kier alpha value is -1.16. The van der Waals surface area contributed by atoms with E-state index in [1.165, 1.54) is 37.7 Å². The van der Waals surface area contributed by atoms with Crippen LogP contribution in [-0.2, 0) is 0 Å². The van der Waals surface area contributed by atoms with Gasteiger partial charge in [0.05, 0.1) is 5.39 Å². The monoisotopic (exact) mass is 233 g/mol.